The summed E-state index contributed by atoms with van der Waals surface area (Å²) in [6, 6.07) is 9.84. The zero-order valence-corrected chi connectivity index (χ0v) is 18.1. The van der Waals surface area contributed by atoms with Crippen LogP contribution in [0.25, 0.3) is 37.2 Å². The summed E-state index contributed by atoms with van der Waals surface area (Å²) < 4.78 is 10.9. The zero-order chi connectivity index (χ0) is 21.7. The predicted molar refractivity (Wildman–Crippen MR) is 125 cm³/mol. The number of imidazole rings is 1. The number of anilines is 1. The molecule has 0 aliphatic heterocycles. The van der Waals surface area contributed by atoms with Crippen molar-refractivity contribution >= 4 is 49.3 Å². The summed E-state index contributed by atoms with van der Waals surface area (Å²) in [5.74, 6) is 2.23. The molecule has 0 saturated heterocycles. The Morgan fingerprint density at radius 2 is 2.16 bits per heavy atom. The number of hydrogen-bond donors (Lipinski definition) is 2. The van der Waals surface area contributed by atoms with E-state index in [2.05, 4.69) is 24.8 Å². The summed E-state index contributed by atoms with van der Waals surface area (Å²) in [6.07, 6.45) is 7.09. The van der Waals surface area contributed by atoms with Gasteiger partial charge in [-0.1, -0.05) is 0 Å². The molecule has 5 heterocycles. The lowest BCUT2D eigenvalue weighted by Gasteiger charge is -2.06. The molecule has 0 saturated carbocycles. The number of benzene rings is 1. The Morgan fingerprint density at radius 3 is 3.03 bits per heavy atom. The number of rotatable bonds is 6. The van der Waals surface area contributed by atoms with Crippen LogP contribution in [0.1, 0.15) is 12.2 Å². The summed E-state index contributed by atoms with van der Waals surface area (Å²) in [5.41, 5.74) is 9.84. The molecule has 5 aromatic heterocycles. The third kappa shape index (κ3) is 3.07. The topological polar surface area (TPSA) is 112 Å². The van der Waals surface area contributed by atoms with Gasteiger partial charge in [0.25, 0.3) is 0 Å². The molecular formula is C22H20N8OS. The van der Waals surface area contributed by atoms with Crippen LogP contribution in [0.5, 0.6) is 5.75 Å². The summed E-state index contributed by atoms with van der Waals surface area (Å²) in [5, 5.41) is 13.4. The molecule has 0 aliphatic carbocycles. The monoisotopic (exact) mass is 444 g/mol. The summed E-state index contributed by atoms with van der Waals surface area (Å²) in [6.45, 7) is 0.592. The largest absolute Gasteiger partial charge is 0.494 e. The Bertz CT molecular complexity index is 1560. The Balaban J connectivity index is 1.24. The number of nitrogens with two attached hydrogens (primary N) is 1. The van der Waals surface area contributed by atoms with Gasteiger partial charge in [0.2, 0.25) is 0 Å². The van der Waals surface area contributed by atoms with Gasteiger partial charge in [-0.25, -0.2) is 14.6 Å². The van der Waals surface area contributed by atoms with Crippen LogP contribution in [0, 0.1) is 0 Å². The molecule has 6 aromatic rings. The summed E-state index contributed by atoms with van der Waals surface area (Å²) in [7, 11) is 2.03. The van der Waals surface area contributed by atoms with Gasteiger partial charge < -0.3 is 15.0 Å². The highest BCUT2D eigenvalue weighted by Gasteiger charge is 2.18. The van der Waals surface area contributed by atoms with Crippen molar-refractivity contribution in [2.45, 2.75) is 12.8 Å². The Morgan fingerprint density at radius 1 is 1.22 bits per heavy atom. The van der Waals surface area contributed by atoms with Gasteiger partial charge >= 0.3 is 0 Å². The van der Waals surface area contributed by atoms with Crippen LogP contribution in [-0.2, 0) is 13.5 Å². The van der Waals surface area contributed by atoms with Crippen molar-refractivity contribution in [3.63, 3.8) is 0 Å². The number of nitrogen functional groups attached to an aromatic ring is 1. The number of hydrogen-bond acceptors (Lipinski definition) is 7. The van der Waals surface area contributed by atoms with Crippen molar-refractivity contribution in [1.82, 2.24) is 34.5 Å². The fraction of sp³-hybridized carbons (Fsp3) is 0.182. The van der Waals surface area contributed by atoms with E-state index in [-0.39, 0.29) is 0 Å². The molecule has 0 fully saturated rings. The molecule has 1 aromatic carbocycles. The van der Waals surface area contributed by atoms with Gasteiger partial charge in [0, 0.05) is 43.4 Å². The molecule has 0 bridgehead atoms. The Labute approximate surface area is 186 Å². The van der Waals surface area contributed by atoms with Crippen molar-refractivity contribution < 1.29 is 4.74 Å². The number of pyridine rings is 1. The first kappa shape index (κ1) is 18.8. The maximum atomic E-state index is 6.26. The van der Waals surface area contributed by atoms with Gasteiger partial charge in [-0.3, -0.25) is 5.10 Å². The maximum absolute atomic E-state index is 6.26. The average Bonchev–Trinajstić information content (AvgIpc) is 3.57. The maximum Gasteiger partial charge on any atom is 0.152 e. The molecule has 0 aliphatic rings. The number of nitrogens with zero attached hydrogens (tertiary/aromatic N) is 6. The number of aromatic amines is 1. The van der Waals surface area contributed by atoms with E-state index in [0.717, 1.165) is 61.6 Å². The number of ether oxygens (including phenoxy) is 1. The van der Waals surface area contributed by atoms with E-state index in [1.54, 1.807) is 23.7 Å². The van der Waals surface area contributed by atoms with Crippen LogP contribution in [-0.4, -0.2) is 41.1 Å². The summed E-state index contributed by atoms with van der Waals surface area (Å²) in [4.78, 5) is 9.39. The number of aryl methyl sites for hydroxylation is 2. The van der Waals surface area contributed by atoms with Crippen LogP contribution in [0.15, 0.2) is 48.9 Å². The SMILES string of the molecule is Cn1c(CCCOc2ccc3cn[nH]c3c2)nc2c(N)nc3cc(-n4cccn4)sc3c21. The highest BCUT2D eigenvalue weighted by Crippen LogP contribution is 2.35. The molecule has 9 nitrogen and oxygen atoms in total. The third-order valence-electron chi connectivity index (χ3n) is 5.54. The van der Waals surface area contributed by atoms with Crippen LogP contribution < -0.4 is 10.5 Å². The number of aromatic nitrogens is 7. The van der Waals surface area contributed by atoms with E-state index in [4.69, 9.17) is 15.5 Å². The van der Waals surface area contributed by atoms with Gasteiger partial charge in [-0.05, 0) is 24.6 Å². The molecule has 32 heavy (non-hydrogen) atoms. The first-order valence-corrected chi connectivity index (χ1v) is 11.1. The number of nitrogens with one attached hydrogen (secondary N) is 1. The highest BCUT2D eigenvalue weighted by molar-refractivity contribution is 7.22. The molecule has 0 amide bonds. The lowest BCUT2D eigenvalue weighted by atomic mass is 10.2. The van der Waals surface area contributed by atoms with Crippen LogP contribution in [0.3, 0.4) is 0 Å². The molecule has 3 N–H and O–H groups in total. The van der Waals surface area contributed by atoms with Gasteiger partial charge in [-0.15, -0.1) is 11.3 Å². The van der Waals surface area contributed by atoms with Crippen molar-refractivity contribution in [3.8, 4) is 10.8 Å². The van der Waals surface area contributed by atoms with E-state index in [0.29, 0.717) is 12.4 Å². The zero-order valence-electron chi connectivity index (χ0n) is 17.3. The number of thiophene rings is 1. The highest BCUT2D eigenvalue weighted by atomic mass is 32.1. The first-order chi connectivity index (χ1) is 15.7. The van der Waals surface area contributed by atoms with Crippen LogP contribution >= 0.6 is 11.3 Å². The van der Waals surface area contributed by atoms with Crippen molar-refractivity contribution in [3.05, 3.63) is 54.7 Å². The molecule has 10 heteroatoms. The normalized spacial score (nSPS) is 11.8. The molecule has 160 valence electrons. The molecular weight excluding hydrogens is 424 g/mol. The second kappa shape index (κ2) is 7.34. The number of H-pyrrole nitrogens is 1. The molecule has 0 atom stereocenters. The lowest BCUT2D eigenvalue weighted by molar-refractivity contribution is 0.310. The third-order valence-corrected chi connectivity index (χ3v) is 6.66. The van der Waals surface area contributed by atoms with E-state index in [9.17, 15) is 0 Å². The Kier molecular flexibility index (Phi) is 4.32. The van der Waals surface area contributed by atoms with E-state index >= 15 is 0 Å². The number of fused-ring (bicyclic) bond motifs is 4. The van der Waals surface area contributed by atoms with E-state index in [1.165, 1.54) is 0 Å². The molecule has 0 unspecified atom stereocenters. The predicted octanol–water partition coefficient (Wildman–Crippen LogP) is 3.84. The quantitative estimate of drug-likeness (QED) is 0.378. The fourth-order valence-corrected chi connectivity index (χ4v) is 5.07. The molecule has 6 rings (SSSR count). The van der Waals surface area contributed by atoms with Crippen LogP contribution in [0.2, 0.25) is 0 Å². The minimum Gasteiger partial charge on any atom is -0.494 e. The lowest BCUT2D eigenvalue weighted by Crippen LogP contribution is -2.03. The second-order valence-corrected chi connectivity index (χ2v) is 8.63. The van der Waals surface area contributed by atoms with E-state index < -0.39 is 0 Å². The minimum absolute atomic E-state index is 0.447. The van der Waals surface area contributed by atoms with Gasteiger partial charge in [-0.2, -0.15) is 10.2 Å². The van der Waals surface area contributed by atoms with Crippen molar-refractivity contribution in [2.75, 3.05) is 12.3 Å². The minimum atomic E-state index is 0.447. The van der Waals surface area contributed by atoms with E-state index in [1.807, 2.05) is 48.3 Å². The van der Waals surface area contributed by atoms with Gasteiger partial charge in [0.1, 0.15) is 22.1 Å². The van der Waals surface area contributed by atoms with Crippen molar-refractivity contribution in [2.24, 2.45) is 7.05 Å². The molecule has 0 spiro atoms. The standard InChI is InChI=1S/C22H20N8OS/c1-29-17(4-2-9-31-14-6-5-13-12-24-28-15(13)10-14)27-19-20(29)21-16(26-22(19)23)11-18(32-21)30-8-3-7-25-30/h3,5-8,10-12H,2,4,9H2,1H3,(H2,23,26)(H,24,28). The second-order valence-electron chi connectivity index (χ2n) is 7.60. The molecule has 0 radical (unpaired) electrons. The smallest absolute Gasteiger partial charge is 0.152 e. The van der Waals surface area contributed by atoms with Gasteiger partial charge in [0.15, 0.2) is 5.82 Å². The summed E-state index contributed by atoms with van der Waals surface area (Å²) >= 11 is 1.64. The van der Waals surface area contributed by atoms with Crippen LogP contribution in [0.4, 0.5) is 5.82 Å². The Hall–Kier alpha value is -3.92. The average molecular weight is 445 g/mol. The first-order valence-electron chi connectivity index (χ1n) is 10.3. The van der Waals surface area contributed by atoms with Crippen molar-refractivity contribution in [1.29, 1.82) is 0 Å². The fourth-order valence-electron chi connectivity index (χ4n) is 3.95. The van der Waals surface area contributed by atoms with Gasteiger partial charge in [0.05, 0.1) is 34.1 Å².